The van der Waals surface area contributed by atoms with Crippen molar-refractivity contribution in [3.8, 4) is 0 Å². The molecule has 0 spiro atoms. The number of rotatable bonds is 7. The normalized spacial score (nSPS) is 16.9. The van der Waals surface area contributed by atoms with Gasteiger partial charge in [0.15, 0.2) is 6.61 Å². The molecule has 1 aromatic carbocycles. The predicted molar refractivity (Wildman–Crippen MR) is 99.9 cm³/mol. The molecule has 2 amide bonds. The molecule has 2 aliphatic rings. The summed E-state index contributed by atoms with van der Waals surface area (Å²) < 4.78 is 4.96. The summed E-state index contributed by atoms with van der Waals surface area (Å²) in [7, 11) is 0. The van der Waals surface area contributed by atoms with Crippen molar-refractivity contribution in [3.05, 3.63) is 35.9 Å². The minimum atomic E-state index is -0.545. The largest absolute Gasteiger partial charge is 0.456 e. The van der Waals surface area contributed by atoms with E-state index >= 15 is 0 Å². The van der Waals surface area contributed by atoms with Crippen LogP contribution in [-0.2, 0) is 19.1 Å². The minimum absolute atomic E-state index is 0.0225. The second kappa shape index (κ2) is 9.30. The first-order chi connectivity index (χ1) is 13.1. The number of esters is 1. The van der Waals surface area contributed by atoms with Crippen LogP contribution in [0.2, 0.25) is 0 Å². The van der Waals surface area contributed by atoms with Crippen LogP contribution in [0.5, 0.6) is 0 Å². The van der Waals surface area contributed by atoms with Gasteiger partial charge < -0.3 is 10.1 Å². The van der Waals surface area contributed by atoms with Crippen molar-refractivity contribution in [1.82, 2.24) is 10.3 Å². The second-order valence-electron chi connectivity index (χ2n) is 6.89. The molecule has 1 fully saturated rings. The van der Waals surface area contributed by atoms with Crippen LogP contribution in [0.25, 0.3) is 0 Å². The molecule has 1 N–H and O–H groups in total. The van der Waals surface area contributed by atoms with Gasteiger partial charge in [0.1, 0.15) is 0 Å². The predicted octanol–water partition coefficient (Wildman–Crippen LogP) is 2.01. The lowest BCUT2D eigenvalue weighted by Crippen LogP contribution is -2.36. The van der Waals surface area contributed by atoms with Crippen LogP contribution >= 0.6 is 0 Å². The number of hydrogen-bond acceptors (Lipinski definition) is 5. The highest BCUT2D eigenvalue weighted by molar-refractivity contribution is 6.02. The van der Waals surface area contributed by atoms with Crippen molar-refractivity contribution < 1.29 is 19.1 Å². The lowest BCUT2D eigenvalue weighted by atomic mass is 10.1. The van der Waals surface area contributed by atoms with Crippen LogP contribution in [-0.4, -0.2) is 47.7 Å². The Kier molecular flexibility index (Phi) is 6.57. The zero-order valence-corrected chi connectivity index (χ0v) is 15.4. The number of nitrogens with one attached hydrogen (secondary N) is 1. The lowest BCUT2D eigenvalue weighted by Gasteiger charge is -2.12. The van der Waals surface area contributed by atoms with E-state index in [9.17, 15) is 14.4 Å². The molecule has 0 radical (unpaired) electrons. The Morgan fingerprint density at radius 3 is 2.59 bits per heavy atom. The first-order valence-electron chi connectivity index (χ1n) is 9.50. The van der Waals surface area contributed by atoms with Crippen LogP contribution in [0, 0.1) is 0 Å². The Hall–Kier alpha value is -2.70. The molecule has 1 aromatic rings. The van der Waals surface area contributed by atoms with Crippen molar-refractivity contribution in [1.29, 1.82) is 0 Å². The van der Waals surface area contributed by atoms with E-state index in [1.807, 2.05) is 30.3 Å². The van der Waals surface area contributed by atoms with E-state index in [0.717, 1.165) is 37.0 Å². The van der Waals surface area contributed by atoms with Crippen molar-refractivity contribution >= 4 is 23.5 Å². The number of amides is 2. The maximum Gasteiger partial charge on any atom is 0.306 e. The van der Waals surface area contributed by atoms with Gasteiger partial charge in [-0.1, -0.05) is 43.2 Å². The first-order valence-corrected chi connectivity index (χ1v) is 9.50. The van der Waals surface area contributed by atoms with Gasteiger partial charge >= 0.3 is 5.97 Å². The Morgan fingerprint density at radius 2 is 1.85 bits per heavy atom. The van der Waals surface area contributed by atoms with Crippen LogP contribution in [0.3, 0.4) is 0 Å². The monoisotopic (exact) mass is 371 g/mol. The molecular weight excluding hydrogens is 346 g/mol. The standard InChI is InChI=1S/C20H25N3O4/c24-18(21-16-8-4-5-9-16)14-27-20(26)11-10-19(25)23-13-12-17(22-23)15-6-2-1-3-7-15/h1-3,6-7,16H,4-5,8-14H2,(H,21,24). The van der Waals surface area contributed by atoms with Gasteiger partial charge in [-0.2, -0.15) is 5.10 Å². The number of nitrogens with zero attached hydrogens (tertiary/aromatic N) is 2. The van der Waals surface area contributed by atoms with Gasteiger partial charge in [0, 0.05) is 18.9 Å². The quantitative estimate of drug-likeness (QED) is 0.743. The van der Waals surface area contributed by atoms with Gasteiger partial charge in [-0.3, -0.25) is 14.4 Å². The summed E-state index contributed by atoms with van der Waals surface area (Å²) in [5.74, 6) is -1.04. The Morgan fingerprint density at radius 1 is 1.11 bits per heavy atom. The van der Waals surface area contributed by atoms with E-state index in [1.54, 1.807) is 0 Å². The Bertz CT molecular complexity index is 711. The zero-order chi connectivity index (χ0) is 19.1. The van der Waals surface area contributed by atoms with E-state index in [4.69, 9.17) is 4.74 Å². The topological polar surface area (TPSA) is 88.1 Å². The van der Waals surface area contributed by atoms with Gasteiger partial charge in [0.25, 0.3) is 5.91 Å². The summed E-state index contributed by atoms with van der Waals surface area (Å²) >= 11 is 0. The molecule has 144 valence electrons. The number of carbonyl (C=O) groups is 3. The minimum Gasteiger partial charge on any atom is -0.456 e. The van der Waals surface area contributed by atoms with Crippen LogP contribution in [0.15, 0.2) is 35.4 Å². The van der Waals surface area contributed by atoms with E-state index < -0.39 is 5.97 Å². The number of benzene rings is 1. The van der Waals surface area contributed by atoms with Crippen LogP contribution < -0.4 is 5.32 Å². The zero-order valence-electron chi connectivity index (χ0n) is 15.4. The summed E-state index contributed by atoms with van der Waals surface area (Å²) in [6, 6.07) is 9.91. The van der Waals surface area contributed by atoms with Gasteiger partial charge in [0.2, 0.25) is 5.91 Å². The number of hydrogen-bond donors (Lipinski definition) is 1. The fraction of sp³-hybridized carbons (Fsp3) is 0.500. The Labute approximate surface area is 158 Å². The number of carbonyl (C=O) groups excluding carboxylic acids is 3. The molecule has 0 aromatic heterocycles. The summed E-state index contributed by atoms with van der Waals surface area (Å²) in [5.41, 5.74) is 1.87. The Balaban J connectivity index is 1.37. The van der Waals surface area contributed by atoms with Gasteiger partial charge in [-0.05, 0) is 18.4 Å². The molecule has 3 rings (SSSR count). The molecule has 0 atom stereocenters. The number of hydrazone groups is 1. The van der Waals surface area contributed by atoms with E-state index in [-0.39, 0.29) is 37.3 Å². The van der Waals surface area contributed by atoms with Crippen molar-refractivity contribution in [2.24, 2.45) is 5.10 Å². The second-order valence-corrected chi connectivity index (χ2v) is 6.89. The van der Waals surface area contributed by atoms with E-state index in [2.05, 4.69) is 10.4 Å². The van der Waals surface area contributed by atoms with Gasteiger partial charge in [-0.25, -0.2) is 5.01 Å². The van der Waals surface area contributed by atoms with Crippen molar-refractivity contribution in [2.75, 3.05) is 13.2 Å². The van der Waals surface area contributed by atoms with E-state index in [1.165, 1.54) is 5.01 Å². The SMILES string of the molecule is O=C(COC(=O)CCC(=O)N1CCC(c2ccccc2)=N1)NC1CCCC1. The third-order valence-electron chi connectivity index (χ3n) is 4.82. The lowest BCUT2D eigenvalue weighted by molar-refractivity contribution is -0.150. The fourth-order valence-electron chi connectivity index (χ4n) is 3.37. The molecule has 0 unspecified atom stereocenters. The van der Waals surface area contributed by atoms with Crippen molar-refractivity contribution in [2.45, 2.75) is 51.0 Å². The summed E-state index contributed by atoms with van der Waals surface area (Å²) in [5, 5.41) is 8.61. The summed E-state index contributed by atoms with van der Waals surface area (Å²) in [4.78, 5) is 35.7. The molecule has 1 heterocycles. The molecule has 27 heavy (non-hydrogen) atoms. The van der Waals surface area contributed by atoms with Crippen LogP contribution in [0.4, 0.5) is 0 Å². The smallest absolute Gasteiger partial charge is 0.306 e. The van der Waals surface area contributed by atoms with Gasteiger partial charge in [-0.15, -0.1) is 0 Å². The molecule has 1 saturated carbocycles. The molecule has 1 aliphatic heterocycles. The highest BCUT2D eigenvalue weighted by Crippen LogP contribution is 2.17. The average molecular weight is 371 g/mol. The highest BCUT2D eigenvalue weighted by Gasteiger charge is 2.22. The third kappa shape index (κ3) is 5.64. The first kappa shape index (κ1) is 19.1. The van der Waals surface area contributed by atoms with Crippen molar-refractivity contribution in [3.63, 3.8) is 0 Å². The molecule has 0 saturated heterocycles. The summed E-state index contributed by atoms with van der Waals surface area (Å²) in [6.07, 6.45) is 4.87. The highest BCUT2D eigenvalue weighted by atomic mass is 16.5. The maximum atomic E-state index is 12.2. The summed E-state index contributed by atoms with van der Waals surface area (Å²) in [6.45, 7) is 0.228. The molecule has 7 nitrogen and oxygen atoms in total. The fourth-order valence-corrected chi connectivity index (χ4v) is 3.37. The molecule has 7 heteroatoms. The maximum absolute atomic E-state index is 12.2. The van der Waals surface area contributed by atoms with Crippen LogP contribution in [0.1, 0.15) is 50.5 Å². The average Bonchev–Trinajstić information content (AvgIpc) is 3.37. The third-order valence-corrected chi connectivity index (χ3v) is 4.82. The van der Waals surface area contributed by atoms with Gasteiger partial charge in [0.05, 0.1) is 18.7 Å². The number of ether oxygens (including phenoxy) is 1. The molecular formula is C20H25N3O4. The van der Waals surface area contributed by atoms with E-state index in [0.29, 0.717) is 13.0 Å². The molecule has 0 bridgehead atoms. The molecule has 1 aliphatic carbocycles.